The highest BCUT2D eigenvalue weighted by Crippen LogP contribution is 2.29. The number of fused-ring (bicyclic) bond motifs is 1. The molecule has 2 aromatic carbocycles. The molecule has 2 aromatic rings. The van der Waals surface area contributed by atoms with Crippen LogP contribution in [0.25, 0.3) is 0 Å². The largest absolute Gasteiger partial charge is 0.445 e. The van der Waals surface area contributed by atoms with Gasteiger partial charge in [0.1, 0.15) is 0 Å². The number of benzene rings is 2. The normalized spacial score (nSPS) is 20.0. The number of hydrogen-bond donors (Lipinski definition) is 1. The topological polar surface area (TPSA) is 55.4 Å². The van der Waals surface area contributed by atoms with E-state index in [0.717, 1.165) is 5.56 Å². The monoisotopic (exact) mass is 315 g/mol. The van der Waals surface area contributed by atoms with Gasteiger partial charge in [0.2, 0.25) is 0 Å². The van der Waals surface area contributed by atoms with E-state index in [1.807, 2.05) is 12.1 Å². The fourth-order valence-corrected chi connectivity index (χ4v) is 2.58. The summed E-state index contributed by atoms with van der Waals surface area (Å²) in [5.41, 5.74) is 0.697. The number of amides is 1. The number of esters is 1. The Balaban J connectivity index is 1.83. The number of anilines is 1. The van der Waals surface area contributed by atoms with Crippen LogP contribution in [0.15, 0.2) is 48.5 Å². The van der Waals surface area contributed by atoms with E-state index >= 15 is 0 Å². The number of cyclic esters (lactones) is 1. The fraction of sp³-hybridized carbons (Fsp3) is 0.176. The maximum Gasteiger partial charge on any atom is 0.339 e. The zero-order chi connectivity index (χ0) is 15.7. The van der Waals surface area contributed by atoms with E-state index in [0.29, 0.717) is 22.7 Å². The number of carbonyl (C=O) groups excluding carboxylic acids is 2. The van der Waals surface area contributed by atoms with Gasteiger partial charge in [-0.2, -0.15) is 0 Å². The molecule has 5 heteroatoms. The molecule has 0 saturated carbocycles. The van der Waals surface area contributed by atoms with E-state index in [1.165, 1.54) is 0 Å². The summed E-state index contributed by atoms with van der Waals surface area (Å²) in [6.45, 7) is 1.62. The predicted molar refractivity (Wildman–Crippen MR) is 84.0 cm³/mol. The van der Waals surface area contributed by atoms with Crippen LogP contribution in [0, 0.1) is 0 Å². The van der Waals surface area contributed by atoms with E-state index in [-0.39, 0.29) is 5.91 Å². The van der Waals surface area contributed by atoms with Crippen molar-refractivity contribution in [1.82, 2.24) is 0 Å². The molecule has 3 rings (SSSR count). The number of halogens is 1. The van der Waals surface area contributed by atoms with E-state index < -0.39 is 11.6 Å². The van der Waals surface area contributed by atoms with Crippen molar-refractivity contribution in [3.63, 3.8) is 0 Å². The lowest BCUT2D eigenvalue weighted by atomic mass is 9.89. The van der Waals surface area contributed by atoms with Crippen molar-refractivity contribution in [2.45, 2.75) is 18.9 Å². The Hall–Kier alpha value is -2.33. The van der Waals surface area contributed by atoms with Crippen LogP contribution in [-0.2, 0) is 16.0 Å². The number of rotatable bonds is 2. The van der Waals surface area contributed by atoms with Crippen molar-refractivity contribution in [3.8, 4) is 0 Å². The molecule has 0 aliphatic carbocycles. The molecule has 1 amide bonds. The first-order chi connectivity index (χ1) is 10.5. The van der Waals surface area contributed by atoms with Gasteiger partial charge >= 0.3 is 5.97 Å². The second-order valence-electron chi connectivity index (χ2n) is 5.42. The smallest absolute Gasteiger partial charge is 0.339 e. The minimum atomic E-state index is -1.23. The molecule has 0 saturated heterocycles. The Morgan fingerprint density at radius 2 is 1.86 bits per heavy atom. The Bertz CT molecular complexity index is 742. The van der Waals surface area contributed by atoms with E-state index in [4.69, 9.17) is 16.3 Å². The van der Waals surface area contributed by atoms with Crippen molar-refractivity contribution in [2.24, 2.45) is 0 Å². The van der Waals surface area contributed by atoms with Gasteiger partial charge in [-0.3, -0.25) is 4.79 Å². The first kappa shape index (κ1) is 14.6. The van der Waals surface area contributed by atoms with E-state index in [2.05, 4.69) is 5.32 Å². The van der Waals surface area contributed by atoms with Gasteiger partial charge in [0.15, 0.2) is 5.60 Å². The molecule has 0 fully saturated rings. The Labute approximate surface area is 133 Å². The van der Waals surface area contributed by atoms with Crippen LogP contribution in [0.3, 0.4) is 0 Å². The van der Waals surface area contributed by atoms with Crippen LogP contribution in [-0.4, -0.2) is 17.5 Å². The van der Waals surface area contributed by atoms with Crippen molar-refractivity contribution in [1.29, 1.82) is 0 Å². The van der Waals surface area contributed by atoms with Gasteiger partial charge in [0, 0.05) is 17.1 Å². The summed E-state index contributed by atoms with van der Waals surface area (Å²) in [5, 5.41) is 3.34. The molecule has 0 spiro atoms. The number of ether oxygens (including phenoxy) is 1. The molecule has 1 atom stereocenters. The van der Waals surface area contributed by atoms with Crippen molar-refractivity contribution in [2.75, 3.05) is 5.32 Å². The average molecular weight is 316 g/mol. The molecular formula is C17H14ClNO3. The molecule has 1 N–H and O–H groups in total. The van der Waals surface area contributed by atoms with Crippen LogP contribution in [0.2, 0.25) is 5.02 Å². The summed E-state index contributed by atoms with van der Waals surface area (Å²) in [6.07, 6.45) is 0.342. The third-order valence-electron chi connectivity index (χ3n) is 3.67. The summed E-state index contributed by atoms with van der Waals surface area (Å²) in [5.74, 6) is -0.840. The maximum atomic E-state index is 12.5. The van der Waals surface area contributed by atoms with Gasteiger partial charge in [0.05, 0.1) is 5.56 Å². The molecule has 0 radical (unpaired) electrons. The van der Waals surface area contributed by atoms with E-state index in [9.17, 15) is 9.59 Å². The molecule has 0 bridgehead atoms. The van der Waals surface area contributed by atoms with Crippen LogP contribution in [0.1, 0.15) is 22.8 Å². The van der Waals surface area contributed by atoms with Gasteiger partial charge < -0.3 is 10.1 Å². The van der Waals surface area contributed by atoms with Crippen LogP contribution in [0.4, 0.5) is 5.69 Å². The van der Waals surface area contributed by atoms with Gasteiger partial charge in [-0.25, -0.2) is 4.79 Å². The van der Waals surface area contributed by atoms with Crippen LogP contribution in [0.5, 0.6) is 0 Å². The third kappa shape index (κ3) is 2.70. The molecule has 1 heterocycles. The molecule has 0 aromatic heterocycles. The van der Waals surface area contributed by atoms with Gasteiger partial charge in [0.25, 0.3) is 5.91 Å². The first-order valence-electron chi connectivity index (χ1n) is 6.86. The zero-order valence-corrected chi connectivity index (χ0v) is 12.7. The number of nitrogens with one attached hydrogen (secondary N) is 1. The molecule has 1 aliphatic heterocycles. The summed E-state index contributed by atoms with van der Waals surface area (Å²) < 4.78 is 5.38. The van der Waals surface area contributed by atoms with Gasteiger partial charge in [-0.05, 0) is 42.8 Å². The first-order valence-corrected chi connectivity index (χ1v) is 7.24. The summed E-state index contributed by atoms with van der Waals surface area (Å²) in [7, 11) is 0. The molecule has 112 valence electrons. The van der Waals surface area contributed by atoms with E-state index in [1.54, 1.807) is 43.3 Å². The second kappa shape index (κ2) is 5.46. The minimum Gasteiger partial charge on any atom is -0.445 e. The van der Waals surface area contributed by atoms with Gasteiger partial charge in [-0.1, -0.05) is 29.8 Å². The number of hydrogen-bond acceptors (Lipinski definition) is 3. The Morgan fingerprint density at radius 1 is 1.18 bits per heavy atom. The standard InChI is InChI=1S/C17H14ClNO3/c1-17(16(21)19-13-8-6-12(18)7-9-13)10-11-4-2-3-5-14(11)15(20)22-17/h2-9H,10H2,1H3,(H,19,21)/t17-/m1/s1. The highest BCUT2D eigenvalue weighted by molar-refractivity contribution is 6.30. The Kier molecular flexibility index (Phi) is 3.62. The molecule has 4 nitrogen and oxygen atoms in total. The predicted octanol–water partition coefficient (Wildman–Crippen LogP) is 3.45. The maximum absolute atomic E-state index is 12.5. The third-order valence-corrected chi connectivity index (χ3v) is 3.92. The lowest BCUT2D eigenvalue weighted by Crippen LogP contribution is -2.48. The summed E-state index contributed by atoms with van der Waals surface area (Å²) in [4.78, 5) is 24.6. The lowest BCUT2D eigenvalue weighted by Gasteiger charge is -2.33. The second-order valence-corrected chi connectivity index (χ2v) is 5.85. The average Bonchev–Trinajstić information content (AvgIpc) is 2.49. The highest BCUT2D eigenvalue weighted by Gasteiger charge is 2.42. The number of carbonyl (C=O) groups is 2. The summed E-state index contributed by atoms with van der Waals surface area (Å²) in [6, 6.07) is 13.9. The molecule has 1 aliphatic rings. The van der Waals surface area contributed by atoms with Crippen molar-refractivity contribution >= 4 is 29.2 Å². The van der Waals surface area contributed by atoms with Crippen LogP contribution < -0.4 is 5.32 Å². The zero-order valence-electron chi connectivity index (χ0n) is 11.9. The SMILES string of the molecule is C[C@]1(C(=O)Nc2ccc(Cl)cc2)Cc2ccccc2C(=O)O1. The van der Waals surface area contributed by atoms with Crippen LogP contribution >= 0.6 is 11.6 Å². The molecule has 22 heavy (non-hydrogen) atoms. The quantitative estimate of drug-likeness (QED) is 0.864. The van der Waals surface area contributed by atoms with Crippen molar-refractivity contribution < 1.29 is 14.3 Å². The highest BCUT2D eigenvalue weighted by atomic mass is 35.5. The van der Waals surface area contributed by atoms with Gasteiger partial charge in [-0.15, -0.1) is 0 Å². The molecular weight excluding hydrogens is 302 g/mol. The molecule has 0 unspecified atom stereocenters. The van der Waals surface area contributed by atoms with Crippen molar-refractivity contribution in [3.05, 3.63) is 64.7 Å². The fourth-order valence-electron chi connectivity index (χ4n) is 2.46. The Morgan fingerprint density at radius 3 is 2.59 bits per heavy atom. The summed E-state index contributed by atoms with van der Waals surface area (Å²) >= 11 is 5.82. The minimum absolute atomic E-state index is 0.342. The lowest BCUT2D eigenvalue weighted by molar-refractivity contribution is -0.134.